The van der Waals surface area contributed by atoms with E-state index in [4.69, 9.17) is 18.9 Å². The van der Waals surface area contributed by atoms with Gasteiger partial charge in [-0.15, -0.1) is 0 Å². The zero-order valence-electron chi connectivity index (χ0n) is 25.2. The second-order valence-corrected chi connectivity index (χ2v) is 11.4. The number of carbonyl (C=O) groups excluding carboxylic acids is 3. The number of benzene rings is 3. The zero-order chi connectivity index (χ0) is 30.8. The fraction of sp³-hybridized carbons (Fsp3) is 0.400. The second kappa shape index (κ2) is 15.8. The summed E-state index contributed by atoms with van der Waals surface area (Å²) in [7, 11) is 1.58. The monoisotopic (exact) mass is 604 g/mol. The molecule has 2 amide bonds. The molecule has 0 saturated carbocycles. The van der Waals surface area contributed by atoms with Crippen LogP contribution in [0.1, 0.15) is 70.1 Å². The molecule has 4 rings (SSSR count). The smallest absolute Gasteiger partial charge is 0.407 e. The van der Waals surface area contributed by atoms with Crippen LogP contribution in [0.15, 0.2) is 72.8 Å². The Labute approximate surface area is 260 Å². The highest BCUT2D eigenvalue weighted by atomic mass is 16.6. The van der Waals surface area contributed by atoms with Crippen molar-refractivity contribution in [2.24, 2.45) is 0 Å². The number of hydrogen-bond donors (Lipinski definition) is 2. The molecule has 236 valence electrons. The Bertz CT molecular complexity index is 1350. The predicted molar refractivity (Wildman–Crippen MR) is 170 cm³/mol. The Balaban J connectivity index is 0.00000529. The van der Waals surface area contributed by atoms with Gasteiger partial charge in [-0.2, -0.15) is 0 Å². The van der Waals surface area contributed by atoms with Crippen LogP contribution in [0.3, 0.4) is 0 Å². The summed E-state index contributed by atoms with van der Waals surface area (Å²) < 4.78 is 21.6. The Hall–Kier alpha value is -4.53. The van der Waals surface area contributed by atoms with Gasteiger partial charge in [0.25, 0.3) is 0 Å². The van der Waals surface area contributed by atoms with Crippen LogP contribution in [0.4, 0.5) is 9.59 Å². The lowest BCUT2D eigenvalue weighted by atomic mass is 9.98. The summed E-state index contributed by atoms with van der Waals surface area (Å²) in [4.78, 5) is 38.0. The standard InChI is InChI=1S/C34H40N2O7.CH4/c1-34(2,3)43-32(38)35-20-10-9-15-30(31(37)41-21-23-16-18-24(40-4)19-17-23)36-33(39)42-22-29-27-13-7-5-11-25(27)26-12-6-8-14-28(26)29;/h5-8,11-14,16-19,29-30H,9-10,15,20-22H2,1-4H3,(H,35,38)(H,36,39);1H4/t30-;/m0./s1. The average Bonchev–Trinajstić information content (AvgIpc) is 3.31. The number of alkyl carbamates (subject to hydrolysis) is 2. The predicted octanol–water partition coefficient (Wildman–Crippen LogP) is 6.98. The van der Waals surface area contributed by atoms with Crippen LogP contribution in [0.25, 0.3) is 11.1 Å². The van der Waals surface area contributed by atoms with E-state index in [2.05, 4.69) is 22.8 Å². The van der Waals surface area contributed by atoms with Crippen molar-refractivity contribution < 1.29 is 33.3 Å². The zero-order valence-corrected chi connectivity index (χ0v) is 25.2. The number of carbonyl (C=O) groups is 3. The van der Waals surface area contributed by atoms with Gasteiger partial charge >= 0.3 is 18.2 Å². The average molecular weight is 605 g/mol. The van der Waals surface area contributed by atoms with E-state index < -0.39 is 29.8 Å². The molecule has 0 unspecified atom stereocenters. The summed E-state index contributed by atoms with van der Waals surface area (Å²) in [5.74, 6) is 0.0341. The number of unbranched alkanes of at least 4 members (excludes halogenated alkanes) is 1. The molecule has 1 atom stereocenters. The molecule has 44 heavy (non-hydrogen) atoms. The van der Waals surface area contributed by atoms with Gasteiger partial charge in [-0.05, 0) is 80.0 Å². The summed E-state index contributed by atoms with van der Waals surface area (Å²) in [6, 6.07) is 22.4. The number of amides is 2. The van der Waals surface area contributed by atoms with E-state index in [9.17, 15) is 14.4 Å². The van der Waals surface area contributed by atoms with Crippen molar-refractivity contribution >= 4 is 18.2 Å². The van der Waals surface area contributed by atoms with E-state index in [-0.39, 0.29) is 26.6 Å². The molecule has 0 fully saturated rings. The van der Waals surface area contributed by atoms with Crippen molar-refractivity contribution in [2.45, 2.75) is 71.6 Å². The van der Waals surface area contributed by atoms with Crippen LogP contribution in [-0.2, 0) is 25.6 Å². The van der Waals surface area contributed by atoms with Crippen molar-refractivity contribution in [3.8, 4) is 16.9 Å². The molecule has 0 spiro atoms. The summed E-state index contributed by atoms with van der Waals surface area (Å²) in [5.41, 5.74) is 4.67. The molecular weight excluding hydrogens is 560 g/mol. The van der Waals surface area contributed by atoms with Gasteiger partial charge in [-0.3, -0.25) is 0 Å². The highest BCUT2D eigenvalue weighted by Crippen LogP contribution is 2.44. The third-order valence-electron chi connectivity index (χ3n) is 7.05. The van der Waals surface area contributed by atoms with Crippen molar-refractivity contribution in [3.63, 3.8) is 0 Å². The summed E-state index contributed by atoms with van der Waals surface area (Å²) in [6.07, 6.45) is 0.233. The number of esters is 1. The minimum atomic E-state index is -0.921. The number of fused-ring (bicyclic) bond motifs is 3. The Morgan fingerprint density at radius 2 is 1.43 bits per heavy atom. The van der Waals surface area contributed by atoms with Gasteiger partial charge in [-0.1, -0.05) is 68.1 Å². The maximum atomic E-state index is 13.1. The molecule has 3 aromatic rings. The number of ether oxygens (including phenoxy) is 4. The van der Waals surface area contributed by atoms with Crippen molar-refractivity contribution in [1.82, 2.24) is 10.6 Å². The van der Waals surface area contributed by atoms with Crippen LogP contribution in [0.5, 0.6) is 5.75 Å². The first-order valence-corrected chi connectivity index (χ1v) is 14.5. The Morgan fingerprint density at radius 1 is 0.818 bits per heavy atom. The lowest BCUT2D eigenvalue weighted by Gasteiger charge is -2.20. The molecular formula is C35H44N2O7. The van der Waals surface area contributed by atoms with Crippen molar-refractivity contribution in [1.29, 1.82) is 0 Å². The van der Waals surface area contributed by atoms with E-state index >= 15 is 0 Å². The molecule has 0 aromatic heterocycles. The van der Waals surface area contributed by atoms with E-state index in [1.54, 1.807) is 40.0 Å². The van der Waals surface area contributed by atoms with Crippen molar-refractivity contribution in [2.75, 3.05) is 20.3 Å². The van der Waals surface area contributed by atoms with Gasteiger partial charge in [0.15, 0.2) is 0 Å². The van der Waals surface area contributed by atoms with Gasteiger partial charge in [0, 0.05) is 12.5 Å². The molecule has 0 bridgehead atoms. The largest absolute Gasteiger partial charge is 0.497 e. The lowest BCUT2D eigenvalue weighted by molar-refractivity contribution is -0.147. The van der Waals surface area contributed by atoms with Crippen LogP contribution >= 0.6 is 0 Å². The van der Waals surface area contributed by atoms with Gasteiger partial charge in [0.2, 0.25) is 0 Å². The fourth-order valence-electron chi connectivity index (χ4n) is 4.99. The van der Waals surface area contributed by atoms with Gasteiger partial charge in [0.1, 0.15) is 30.6 Å². The SMILES string of the molecule is C.COc1ccc(COC(=O)[C@H](CCCCNC(=O)OC(C)(C)C)NC(=O)OCC2c3ccccc3-c3ccccc32)cc1. The first-order chi connectivity index (χ1) is 20.6. The summed E-state index contributed by atoms with van der Waals surface area (Å²) in [5, 5.41) is 5.41. The number of methoxy groups -OCH3 is 1. The van der Waals surface area contributed by atoms with E-state index in [0.29, 0.717) is 31.6 Å². The molecule has 1 aliphatic rings. The van der Waals surface area contributed by atoms with Gasteiger partial charge in [-0.25, -0.2) is 14.4 Å². The van der Waals surface area contributed by atoms with Crippen molar-refractivity contribution in [3.05, 3.63) is 89.5 Å². The minimum absolute atomic E-state index is 0. The maximum absolute atomic E-state index is 13.1. The normalized spacial score (nSPS) is 12.5. The minimum Gasteiger partial charge on any atom is -0.497 e. The highest BCUT2D eigenvalue weighted by molar-refractivity contribution is 5.82. The van der Waals surface area contributed by atoms with Crippen LogP contribution in [0, 0.1) is 0 Å². The number of hydrogen-bond acceptors (Lipinski definition) is 7. The Kier molecular flexibility index (Phi) is 12.2. The molecule has 2 N–H and O–H groups in total. The quantitative estimate of drug-likeness (QED) is 0.130. The topological polar surface area (TPSA) is 112 Å². The molecule has 0 radical (unpaired) electrons. The van der Waals surface area contributed by atoms with Gasteiger partial charge < -0.3 is 29.6 Å². The third-order valence-corrected chi connectivity index (χ3v) is 7.05. The highest BCUT2D eigenvalue weighted by Gasteiger charge is 2.30. The van der Waals surface area contributed by atoms with Gasteiger partial charge in [0.05, 0.1) is 7.11 Å². The van der Waals surface area contributed by atoms with E-state index in [1.807, 2.05) is 48.5 Å². The molecule has 1 aliphatic carbocycles. The van der Waals surface area contributed by atoms with Crippen LogP contribution < -0.4 is 15.4 Å². The first kappa shape index (κ1) is 34.0. The molecule has 0 aliphatic heterocycles. The molecule has 3 aromatic carbocycles. The molecule has 9 heteroatoms. The van der Waals surface area contributed by atoms with E-state index in [0.717, 1.165) is 27.8 Å². The van der Waals surface area contributed by atoms with Crippen LogP contribution in [0.2, 0.25) is 0 Å². The number of nitrogens with one attached hydrogen (secondary N) is 2. The summed E-state index contributed by atoms with van der Waals surface area (Å²) in [6.45, 7) is 5.93. The molecule has 0 heterocycles. The Morgan fingerprint density at radius 3 is 2.02 bits per heavy atom. The molecule has 0 saturated heterocycles. The number of rotatable bonds is 12. The maximum Gasteiger partial charge on any atom is 0.407 e. The first-order valence-electron chi connectivity index (χ1n) is 14.5. The van der Waals surface area contributed by atoms with E-state index in [1.165, 1.54) is 0 Å². The summed E-state index contributed by atoms with van der Waals surface area (Å²) >= 11 is 0. The molecule has 9 nitrogen and oxygen atoms in total. The van der Waals surface area contributed by atoms with Crippen LogP contribution in [-0.4, -0.2) is 50.1 Å². The third kappa shape index (κ3) is 9.49. The second-order valence-electron chi connectivity index (χ2n) is 11.4. The fourth-order valence-corrected chi connectivity index (χ4v) is 4.99. The lowest BCUT2D eigenvalue weighted by Crippen LogP contribution is -2.42.